The van der Waals surface area contributed by atoms with Crippen LogP contribution in [0.3, 0.4) is 0 Å². The number of nitrogens with one attached hydrogen (secondary N) is 1. The van der Waals surface area contributed by atoms with Gasteiger partial charge in [-0.05, 0) is 37.1 Å². The van der Waals surface area contributed by atoms with Gasteiger partial charge in [0.05, 0.1) is 37.8 Å². The molecule has 0 saturated carbocycles. The molecular formula is C20H25FN4O2. The molecular weight excluding hydrogens is 347 g/mol. The summed E-state index contributed by atoms with van der Waals surface area (Å²) in [6.45, 7) is 3.53. The van der Waals surface area contributed by atoms with E-state index in [9.17, 15) is 4.39 Å². The number of likely N-dealkylation sites (tertiary alicyclic amines) is 1. The molecule has 0 amide bonds. The summed E-state index contributed by atoms with van der Waals surface area (Å²) in [5.74, 6) is 0.902. The van der Waals surface area contributed by atoms with Gasteiger partial charge in [-0.3, -0.25) is 4.90 Å². The van der Waals surface area contributed by atoms with E-state index in [0.29, 0.717) is 12.6 Å². The molecule has 0 radical (unpaired) electrons. The molecule has 1 spiro atoms. The molecule has 0 unspecified atom stereocenters. The smallest absolute Gasteiger partial charge is 0.223 e. The lowest BCUT2D eigenvalue weighted by atomic mass is 9.88. The number of hydrogen-bond acceptors (Lipinski definition) is 6. The summed E-state index contributed by atoms with van der Waals surface area (Å²) in [4.78, 5) is 10.4. The minimum absolute atomic E-state index is 0.123. The van der Waals surface area contributed by atoms with E-state index in [0.717, 1.165) is 44.6 Å². The summed E-state index contributed by atoms with van der Waals surface area (Å²) in [6, 6.07) is 8.39. The Morgan fingerprint density at radius 1 is 1.30 bits per heavy atom. The van der Waals surface area contributed by atoms with Gasteiger partial charge in [-0.1, -0.05) is 12.1 Å². The molecule has 0 bridgehead atoms. The molecule has 4 rings (SSSR count). The normalized spacial score (nSPS) is 25.6. The van der Waals surface area contributed by atoms with Crippen molar-refractivity contribution < 1.29 is 13.9 Å². The number of anilines is 1. The third kappa shape index (κ3) is 4.36. The average molecular weight is 372 g/mol. The van der Waals surface area contributed by atoms with E-state index in [1.807, 2.05) is 12.1 Å². The van der Waals surface area contributed by atoms with Crippen LogP contribution in [0.2, 0.25) is 0 Å². The number of halogens is 1. The van der Waals surface area contributed by atoms with Crippen LogP contribution in [0.1, 0.15) is 24.8 Å². The van der Waals surface area contributed by atoms with Crippen molar-refractivity contribution in [3.8, 4) is 5.75 Å². The van der Waals surface area contributed by atoms with Crippen molar-refractivity contribution in [2.24, 2.45) is 0 Å². The minimum atomic E-state index is -0.429. The molecule has 2 fully saturated rings. The van der Waals surface area contributed by atoms with Gasteiger partial charge in [0.2, 0.25) is 5.95 Å². The predicted octanol–water partition coefficient (Wildman–Crippen LogP) is 2.86. The topological polar surface area (TPSA) is 59.5 Å². The Kier molecular flexibility index (Phi) is 5.22. The molecule has 2 saturated heterocycles. The molecule has 27 heavy (non-hydrogen) atoms. The van der Waals surface area contributed by atoms with Crippen LogP contribution >= 0.6 is 0 Å². The number of piperidine rings is 1. The highest BCUT2D eigenvalue weighted by atomic mass is 19.1. The second-order valence-electron chi connectivity index (χ2n) is 7.43. The molecule has 6 nitrogen and oxygen atoms in total. The van der Waals surface area contributed by atoms with Crippen molar-refractivity contribution in [1.82, 2.24) is 14.9 Å². The molecule has 2 aliphatic rings. The second kappa shape index (κ2) is 7.78. The van der Waals surface area contributed by atoms with Gasteiger partial charge in [-0.15, -0.1) is 0 Å². The van der Waals surface area contributed by atoms with Crippen LogP contribution in [0.4, 0.5) is 10.3 Å². The number of ether oxygens (including phenoxy) is 2. The zero-order chi connectivity index (χ0) is 18.7. The molecule has 0 aliphatic carbocycles. The predicted molar refractivity (Wildman–Crippen MR) is 100 cm³/mol. The Hall–Kier alpha value is -2.25. The Morgan fingerprint density at radius 3 is 2.81 bits per heavy atom. The van der Waals surface area contributed by atoms with E-state index in [2.05, 4.69) is 32.3 Å². The maximum absolute atomic E-state index is 13.0. The minimum Gasteiger partial charge on any atom is -0.497 e. The number of methoxy groups -OCH3 is 1. The van der Waals surface area contributed by atoms with Crippen molar-refractivity contribution in [1.29, 1.82) is 0 Å². The van der Waals surface area contributed by atoms with Crippen LogP contribution in [0.25, 0.3) is 0 Å². The summed E-state index contributed by atoms with van der Waals surface area (Å²) in [7, 11) is 1.68. The van der Waals surface area contributed by atoms with Gasteiger partial charge < -0.3 is 14.8 Å². The third-order valence-electron chi connectivity index (χ3n) is 5.35. The monoisotopic (exact) mass is 372 g/mol. The van der Waals surface area contributed by atoms with Crippen LogP contribution in [0, 0.1) is 5.82 Å². The highest BCUT2D eigenvalue weighted by molar-refractivity contribution is 5.28. The largest absolute Gasteiger partial charge is 0.497 e. The Bertz CT molecular complexity index is 756. The van der Waals surface area contributed by atoms with E-state index in [4.69, 9.17) is 9.47 Å². The molecule has 3 heterocycles. The van der Waals surface area contributed by atoms with Gasteiger partial charge in [0.25, 0.3) is 0 Å². The lowest BCUT2D eigenvalue weighted by Gasteiger charge is -2.39. The highest BCUT2D eigenvalue weighted by Gasteiger charge is 2.43. The zero-order valence-corrected chi connectivity index (χ0v) is 15.5. The fourth-order valence-electron chi connectivity index (χ4n) is 4.11. The fraction of sp³-hybridized carbons (Fsp3) is 0.500. The van der Waals surface area contributed by atoms with Crippen molar-refractivity contribution >= 4 is 5.95 Å². The van der Waals surface area contributed by atoms with Crippen LogP contribution in [-0.4, -0.2) is 53.3 Å². The first kappa shape index (κ1) is 18.1. The number of rotatable bonds is 5. The maximum atomic E-state index is 13.0. The van der Waals surface area contributed by atoms with Crippen LogP contribution in [-0.2, 0) is 11.3 Å². The van der Waals surface area contributed by atoms with E-state index < -0.39 is 5.82 Å². The van der Waals surface area contributed by atoms with Crippen molar-refractivity contribution in [3.63, 3.8) is 0 Å². The average Bonchev–Trinajstić information content (AvgIpc) is 3.06. The maximum Gasteiger partial charge on any atom is 0.223 e. The molecule has 2 atom stereocenters. The van der Waals surface area contributed by atoms with Crippen molar-refractivity contribution in [3.05, 3.63) is 48.0 Å². The Labute approximate surface area is 158 Å². The van der Waals surface area contributed by atoms with Gasteiger partial charge in [0.1, 0.15) is 5.75 Å². The van der Waals surface area contributed by atoms with Crippen LogP contribution in [0.15, 0.2) is 36.7 Å². The molecule has 144 valence electrons. The van der Waals surface area contributed by atoms with E-state index in [-0.39, 0.29) is 11.6 Å². The van der Waals surface area contributed by atoms with E-state index in [1.165, 1.54) is 18.0 Å². The molecule has 1 aromatic carbocycles. The quantitative estimate of drug-likeness (QED) is 0.871. The molecule has 1 aromatic heterocycles. The zero-order valence-electron chi connectivity index (χ0n) is 15.5. The molecule has 7 heteroatoms. The van der Waals surface area contributed by atoms with Gasteiger partial charge >= 0.3 is 0 Å². The summed E-state index contributed by atoms with van der Waals surface area (Å²) in [6.07, 6.45) is 5.45. The lowest BCUT2D eigenvalue weighted by molar-refractivity contribution is -0.0533. The number of nitrogens with zero attached hydrogens (tertiary/aromatic N) is 3. The second-order valence-corrected chi connectivity index (χ2v) is 7.43. The first-order valence-corrected chi connectivity index (χ1v) is 9.37. The van der Waals surface area contributed by atoms with Gasteiger partial charge in [-0.25, -0.2) is 14.4 Å². The molecule has 1 N–H and O–H groups in total. The lowest BCUT2D eigenvalue weighted by Crippen LogP contribution is -2.47. The summed E-state index contributed by atoms with van der Waals surface area (Å²) < 4.78 is 24.4. The van der Waals surface area contributed by atoms with Gasteiger partial charge in [0, 0.05) is 19.5 Å². The summed E-state index contributed by atoms with van der Waals surface area (Å²) in [5.41, 5.74) is 1.16. The number of aromatic nitrogens is 2. The Morgan fingerprint density at radius 2 is 2.07 bits per heavy atom. The highest BCUT2D eigenvalue weighted by Crippen LogP contribution is 2.36. The fourth-order valence-corrected chi connectivity index (χ4v) is 4.11. The molecule has 2 aliphatic heterocycles. The molecule has 2 aromatic rings. The van der Waals surface area contributed by atoms with Crippen LogP contribution < -0.4 is 10.1 Å². The van der Waals surface area contributed by atoms with Crippen LogP contribution in [0.5, 0.6) is 5.75 Å². The van der Waals surface area contributed by atoms with Gasteiger partial charge in [-0.2, -0.15) is 0 Å². The van der Waals surface area contributed by atoms with E-state index in [1.54, 1.807) is 7.11 Å². The van der Waals surface area contributed by atoms with Crippen molar-refractivity contribution in [2.45, 2.75) is 37.5 Å². The SMILES string of the molecule is COc1ccc(CN2CCC[C@@]3(C[C@H](Nc4ncc(F)cn4)CO3)C2)cc1. The van der Waals surface area contributed by atoms with Gasteiger partial charge in [0.15, 0.2) is 5.82 Å². The summed E-state index contributed by atoms with van der Waals surface area (Å²) in [5, 5.41) is 3.27. The first-order valence-electron chi connectivity index (χ1n) is 9.37. The Balaban J connectivity index is 1.35. The number of benzene rings is 1. The third-order valence-corrected chi connectivity index (χ3v) is 5.35. The number of hydrogen-bond donors (Lipinski definition) is 1. The van der Waals surface area contributed by atoms with E-state index >= 15 is 0 Å². The summed E-state index contributed by atoms with van der Waals surface area (Å²) >= 11 is 0. The standard InChI is InChI=1S/C20H25FN4O2/c1-26-18-5-3-15(4-6-18)12-25-8-2-7-20(14-25)9-17(13-27-20)24-19-22-10-16(21)11-23-19/h3-6,10-11,17H,2,7-9,12-14H2,1H3,(H,22,23,24)/t17-,20+/m0/s1. The first-order chi connectivity index (χ1) is 13.1. The van der Waals surface area contributed by atoms with Crippen molar-refractivity contribution in [2.75, 3.05) is 32.1 Å².